The summed E-state index contributed by atoms with van der Waals surface area (Å²) in [5, 5.41) is 18.4. The van der Waals surface area contributed by atoms with Crippen molar-refractivity contribution >= 4 is 35.2 Å². The second kappa shape index (κ2) is 24.0. The summed E-state index contributed by atoms with van der Waals surface area (Å²) in [5.74, 6) is -3.73. The van der Waals surface area contributed by atoms with Crippen LogP contribution in [0.1, 0.15) is 99.8 Å². The van der Waals surface area contributed by atoms with Gasteiger partial charge >= 0.3 is 0 Å². The molecule has 0 aromatic heterocycles. The van der Waals surface area contributed by atoms with Gasteiger partial charge in [-0.05, 0) is 63.5 Å². The molecule has 8 N–H and O–H groups in total. The molecule has 1 saturated heterocycles. The van der Waals surface area contributed by atoms with Crippen LogP contribution in [0.4, 0.5) is 5.69 Å². The van der Waals surface area contributed by atoms with Crippen molar-refractivity contribution in [3.63, 3.8) is 0 Å². The average Bonchev–Trinajstić information content (AvgIpc) is 3.16. The van der Waals surface area contributed by atoms with Crippen LogP contribution in [-0.2, 0) is 28.7 Å². The molecule has 5 amide bonds. The number of nitrogens with one attached hydrogen (secondary N) is 3. The van der Waals surface area contributed by atoms with Gasteiger partial charge in [0.1, 0.15) is 18.1 Å². The van der Waals surface area contributed by atoms with Crippen LogP contribution in [0.25, 0.3) is 0 Å². The molecular formula is C41H71N7O7. The lowest BCUT2D eigenvalue weighted by atomic mass is 9.87. The topological polar surface area (TPSA) is 209 Å². The third-order valence-corrected chi connectivity index (χ3v) is 10.8. The molecule has 1 heterocycles. The number of carbonyl (C=O) groups is 5. The predicted octanol–water partition coefficient (Wildman–Crippen LogP) is 2.70. The number of piperidine rings is 1. The first-order chi connectivity index (χ1) is 26.0. The van der Waals surface area contributed by atoms with Crippen LogP contribution in [0.15, 0.2) is 30.3 Å². The molecule has 14 heteroatoms. The Balaban J connectivity index is 2.30. The maximum Gasteiger partial charge on any atom is 0.243 e. The molecule has 1 aliphatic rings. The molecule has 312 valence electrons. The van der Waals surface area contributed by atoms with Gasteiger partial charge in [-0.3, -0.25) is 24.0 Å². The Morgan fingerprint density at radius 2 is 1.53 bits per heavy atom. The van der Waals surface area contributed by atoms with Crippen LogP contribution in [0, 0.1) is 23.7 Å². The maximum atomic E-state index is 14.3. The van der Waals surface area contributed by atoms with Crippen molar-refractivity contribution in [3.8, 4) is 0 Å². The molecule has 1 aliphatic heterocycles. The van der Waals surface area contributed by atoms with Crippen LogP contribution in [0.3, 0.4) is 0 Å². The summed E-state index contributed by atoms with van der Waals surface area (Å²) in [5.41, 5.74) is 12.3. The molecular weight excluding hydrogens is 702 g/mol. The molecule has 1 fully saturated rings. The summed E-state index contributed by atoms with van der Waals surface area (Å²) in [4.78, 5) is 70.7. The number of nitrogens with two attached hydrogens (primary N) is 2. The number of primary amides is 1. The van der Waals surface area contributed by atoms with Gasteiger partial charge in [0.25, 0.3) is 0 Å². The number of ether oxygens (including phenoxy) is 1. The van der Waals surface area contributed by atoms with Crippen LogP contribution in [0.5, 0.6) is 0 Å². The average molecular weight is 774 g/mol. The smallest absolute Gasteiger partial charge is 0.243 e. The van der Waals surface area contributed by atoms with E-state index in [1.54, 1.807) is 27.8 Å². The Kier molecular flexibility index (Phi) is 20.7. The first kappa shape index (κ1) is 47.4. The SMILES string of the molecule is CCCCCC[C@@H](OC[C@@H](C)NC(=O)[C@@H](C)[C@H](C)O)[C@@H](C)C(=O)N(C)[C@@H](CC(C)C)C(=O)N[C@H](C(=O)N[C@@H](CN)C(N)=O)C1CCN(c2ccccc2)CC1. The van der Waals surface area contributed by atoms with Crippen molar-refractivity contribution in [1.29, 1.82) is 0 Å². The Morgan fingerprint density at radius 3 is 2.07 bits per heavy atom. The molecule has 1 aromatic rings. The third-order valence-electron chi connectivity index (χ3n) is 10.8. The minimum absolute atomic E-state index is 0.0359. The highest BCUT2D eigenvalue weighted by Crippen LogP contribution is 2.27. The first-order valence-corrected chi connectivity index (χ1v) is 20.3. The molecule has 14 nitrogen and oxygen atoms in total. The van der Waals surface area contributed by atoms with Crippen molar-refractivity contribution in [3.05, 3.63) is 30.3 Å². The fourth-order valence-electron chi connectivity index (χ4n) is 6.96. The summed E-state index contributed by atoms with van der Waals surface area (Å²) >= 11 is 0. The molecule has 1 aromatic carbocycles. The number of nitrogens with zero attached hydrogens (tertiary/aromatic N) is 2. The highest BCUT2D eigenvalue weighted by Gasteiger charge is 2.39. The highest BCUT2D eigenvalue weighted by atomic mass is 16.5. The van der Waals surface area contributed by atoms with Crippen molar-refractivity contribution in [2.24, 2.45) is 35.1 Å². The maximum absolute atomic E-state index is 14.3. The van der Waals surface area contributed by atoms with E-state index in [9.17, 15) is 29.1 Å². The monoisotopic (exact) mass is 774 g/mol. The molecule has 0 spiro atoms. The van der Waals surface area contributed by atoms with Gasteiger partial charge < -0.3 is 47.1 Å². The van der Waals surface area contributed by atoms with Crippen LogP contribution >= 0.6 is 0 Å². The second-order valence-corrected chi connectivity index (χ2v) is 15.9. The van der Waals surface area contributed by atoms with Crippen molar-refractivity contribution in [2.45, 2.75) is 136 Å². The molecule has 2 rings (SSSR count). The van der Waals surface area contributed by atoms with E-state index in [0.29, 0.717) is 38.8 Å². The largest absolute Gasteiger partial charge is 0.393 e. The highest BCUT2D eigenvalue weighted by molar-refractivity contribution is 5.94. The lowest BCUT2D eigenvalue weighted by Crippen LogP contribution is -2.61. The number of amides is 5. The Labute approximate surface area is 329 Å². The van der Waals surface area contributed by atoms with Crippen LogP contribution < -0.4 is 32.3 Å². The number of benzene rings is 1. The summed E-state index contributed by atoms with van der Waals surface area (Å²) in [6.45, 7) is 14.2. The van der Waals surface area contributed by atoms with Gasteiger partial charge in [-0.1, -0.05) is 78.5 Å². The fraction of sp³-hybridized carbons (Fsp3) is 0.732. The van der Waals surface area contributed by atoms with E-state index in [4.69, 9.17) is 16.2 Å². The zero-order chi connectivity index (χ0) is 41.2. The Hall–Kier alpha value is -3.75. The summed E-state index contributed by atoms with van der Waals surface area (Å²) in [6, 6.07) is 6.65. The summed E-state index contributed by atoms with van der Waals surface area (Å²) < 4.78 is 6.33. The van der Waals surface area contributed by atoms with Gasteiger partial charge in [-0.15, -0.1) is 0 Å². The summed E-state index contributed by atoms with van der Waals surface area (Å²) in [7, 11) is 1.62. The van der Waals surface area contributed by atoms with Crippen molar-refractivity contribution in [1.82, 2.24) is 20.9 Å². The van der Waals surface area contributed by atoms with Gasteiger partial charge in [0.2, 0.25) is 29.5 Å². The van der Waals surface area contributed by atoms with Gasteiger partial charge in [-0.2, -0.15) is 0 Å². The first-order valence-electron chi connectivity index (χ1n) is 20.3. The number of hydrogen-bond acceptors (Lipinski definition) is 9. The lowest BCUT2D eigenvalue weighted by molar-refractivity contribution is -0.147. The van der Waals surface area contributed by atoms with Crippen LogP contribution in [0.2, 0.25) is 0 Å². The van der Waals surface area contributed by atoms with Crippen molar-refractivity contribution in [2.75, 3.05) is 38.2 Å². The van der Waals surface area contributed by atoms with Crippen molar-refractivity contribution < 1.29 is 33.8 Å². The van der Waals surface area contributed by atoms with E-state index in [0.717, 1.165) is 31.4 Å². The number of para-hydroxylation sites is 1. The third kappa shape index (κ3) is 15.4. The van der Waals surface area contributed by atoms with E-state index in [2.05, 4.69) is 27.8 Å². The normalized spacial score (nSPS) is 17.9. The molecule has 0 unspecified atom stereocenters. The minimum atomic E-state index is -1.10. The molecule has 0 radical (unpaired) electrons. The Morgan fingerprint density at radius 1 is 0.891 bits per heavy atom. The molecule has 0 aliphatic carbocycles. The van der Waals surface area contributed by atoms with Gasteiger partial charge in [-0.25, -0.2) is 0 Å². The number of aliphatic hydroxyl groups is 1. The number of aliphatic hydroxyl groups excluding tert-OH is 1. The van der Waals surface area contributed by atoms with Gasteiger partial charge in [0.05, 0.1) is 30.7 Å². The van der Waals surface area contributed by atoms with E-state index in [-0.39, 0.29) is 42.8 Å². The zero-order valence-corrected chi connectivity index (χ0v) is 34.6. The molecule has 0 saturated carbocycles. The fourth-order valence-corrected chi connectivity index (χ4v) is 6.96. The quantitative estimate of drug-likeness (QED) is 0.0853. The minimum Gasteiger partial charge on any atom is -0.393 e. The molecule has 55 heavy (non-hydrogen) atoms. The van der Waals surface area contributed by atoms with E-state index < -0.39 is 59.9 Å². The second-order valence-electron chi connectivity index (χ2n) is 15.9. The van der Waals surface area contributed by atoms with E-state index >= 15 is 0 Å². The molecule has 8 atom stereocenters. The number of likely N-dealkylation sites (N-methyl/N-ethyl adjacent to an activating group) is 1. The number of hydrogen-bond donors (Lipinski definition) is 6. The number of anilines is 1. The number of rotatable bonds is 24. The Bertz CT molecular complexity index is 1340. The lowest BCUT2D eigenvalue weighted by Gasteiger charge is -2.38. The molecule has 0 bridgehead atoms. The standard InChI is InChI=1S/C41H71N7O7/c1-9-10-11-15-18-35(55-25-27(4)44-38(51)28(5)30(7)49)29(6)41(54)47(8)34(23-26(2)3)39(52)46-36(40(53)45-33(24-42)37(43)50)31-19-21-48(22-20-31)32-16-13-12-14-17-32/h12-14,16-17,26-31,33-36,49H,9-11,15,18-25,42H2,1-8H3,(H2,43,50)(H,44,51)(H,45,53)(H,46,52)/t27-,28+,29-,30+,33+,34+,35-,36+/m1/s1. The number of carbonyl (C=O) groups excluding carboxylic acids is 5. The number of unbranched alkanes of at least 4 members (excludes halogenated alkanes) is 3. The van der Waals surface area contributed by atoms with Crippen LogP contribution in [-0.4, -0.2) is 109 Å². The summed E-state index contributed by atoms with van der Waals surface area (Å²) in [6.07, 6.45) is 4.86. The van der Waals surface area contributed by atoms with E-state index in [1.165, 1.54) is 4.90 Å². The zero-order valence-electron chi connectivity index (χ0n) is 34.6. The van der Waals surface area contributed by atoms with Gasteiger partial charge in [0.15, 0.2) is 0 Å². The van der Waals surface area contributed by atoms with Gasteiger partial charge in [0, 0.05) is 38.4 Å². The van der Waals surface area contributed by atoms with E-state index in [1.807, 2.05) is 51.1 Å². The predicted molar refractivity (Wildman–Crippen MR) is 216 cm³/mol.